The molecule has 2 aromatic carbocycles. The van der Waals surface area contributed by atoms with Crippen molar-refractivity contribution in [3.63, 3.8) is 0 Å². The summed E-state index contributed by atoms with van der Waals surface area (Å²) in [6, 6.07) is 13.0. The summed E-state index contributed by atoms with van der Waals surface area (Å²) in [5.41, 5.74) is 1.98. The molecule has 2 aromatic heterocycles. The van der Waals surface area contributed by atoms with E-state index in [1.807, 2.05) is 13.0 Å². The van der Waals surface area contributed by atoms with Crippen LogP contribution in [0, 0.1) is 17.0 Å². The third-order valence-corrected chi connectivity index (χ3v) is 4.57. The molecule has 0 fully saturated rings. The molecule has 0 atom stereocenters. The van der Waals surface area contributed by atoms with Crippen LogP contribution in [0.2, 0.25) is 0 Å². The predicted octanol–water partition coefficient (Wildman–Crippen LogP) is 4.08. The number of rotatable bonds is 5. The summed E-state index contributed by atoms with van der Waals surface area (Å²) in [4.78, 5) is 30.8. The molecule has 0 unspecified atom stereocenters. The first kappa shape index (κ1) is 19.1. The van der Waals surface area contributed by atoms with Gasteiger partial charge in [-0.15, -0.1) is 0 Å². The third-order valence-electron chi connectivity index (χ3n) is 4.57. The summed E-state index contributed by atoms with van der Waals surface area (Å²) >= 11 is 0. The number of fused-ring (bicyclic) bond motifs is 1. The maximum atomic E-state index is 11.8. The van der Waals surface area contributed by atoms with E-state index in [9.17, 15) is 14.9 Å². The van der Waals surface area contributed by atoms with Crippen molar-refractivity contribution in [2.24, 2.45) is 7.05 Å². The number of ether oxygens (including phenoxy) is 1. The van der Waals surface area contributed by atoms with Crippen molar-refractivity contribution in [1.29, 1.82) is 0 Å². The SMILES string of the molecule is Cc1cc(Nc2ncnc3ccc([N+](=O)[O-])cc23)ccc1Oc1ccn(C)c(=O)c1. The van der Waals surface area contributed by atoms with E-state index in [2.05, 4.69) is 15.3 Å². The molecule has 0 aliphatic carbocycles. The summed E-state index contributed by atoms with van der Waals surface area (Å²) in [5.74, 6) is 1.52. The first-order valence-electron chi connectivity index (χ1n) is 9.02. The second-order valence-corrected chi connectivity index (χ2v) is 6.70. The quantitative estimate of drug-likeness (QED) is 0.395. The summed E-state index contributed by atoms with van der Waals surface area (Å²) in [6.45, 7) is 1.88. The normalized spacial score (nSPS) is 10.7. The molecule has 150 valence electrons. The van der Waals surface area contributed by atoms with Gasteiger partial charge >= 0.3 is 0 Å². The Morgan fingerprint density at radius 2 is 1.93 bits per heavy atom. The lowest BCUT2D eigenvalue weighted by Gasteiger charge is -2.12. The molecule has 0 amide bonds. The molecule has 2 heterocycles. The Bertz CT molecular complexity index is 1330. The second-order valence-electron chi connectivity index (χ2n) is 6.70. The summed E-state index contributed by atoms with van der Waals surface area (Å²) in [5, 5.41) is 14.8. The second kappa shape index (κ2) is 7.63. The average Bonchev–Trinajstić information content (AvgIpc) is 2.72. The van der Waals surface area contributed by atoms with Crippen molar-refractivity contribution < 1.29 is 9.66 Å². The van der Waals surface area contributed by atoms with E-state index in [4.69, 9.17) is 4.74 Å². The molecule has 0 radical (unpaired) electrons. The van der Waals surface area contributed by atoms with E-state index in [1.165, 1.54) is 29.1 Å². The Kier molecular flexibility index (Phi) is 4.85. The van der Waals surface area contributed by atoms with Crippen LogP contribution in [0.4, 0.5) is 17.2 Å². The molecular formula is C21H17N5O4. The number of nitro benzene ring substituents is 1. The summed E-state index contributed by atoms with van der Waals surface area (Å²) in [7, 11) is 1.67. The smallest absolute Gasteiger partial charge is 0.270 e. The van der Waals surface area contributed by atoms with Crippen LogP contribution >= 0.6 is 0 Å². The van der Waals surface area contributed by atoms with Crippen LogP contribution in [0.3, 0.4) is 0 Å². The standard InChI is InChI=1S/C21H17N5O4/c1-13-9-14(3-6-19(13)30-16-7-8-25(2)20(27)11-16)24-21-17-10-15(26(28)29)4-5-18(17)22-12-23-21/h3-12H,1-2H3,(H,22,23,24). The highest BCUT2D eigenvalue weighted by atomic mass is 16.6. The molecule has 0 spiro atoms. The van der Waals surface area contributed by atoms with Gasteiger partial charge < -0.3 is 14.6 Å². The number of non-ortho nitro benzene ring substituents is 1. The predicted molar refractivity (Wildman–Crippen MR) is 112 cm³/mol. The number of benzene rings is 2. The zero-order valence-electron chi connectivity index (χ0n) is 16.2. The number of pyridine rings is 1. The van der Waals surface area contributed by atoms with Crippen molar-refractivity contribution in [3.8, 4) is 11.5 Å². The van der Waals surface area contributed by atoms with Crippen molar-refractivity contribution in [2.75, 3.05) is 5.32 Å². The van der Waals surface area contributed by atoms with Crippen LogP contribution in [-0.4, -0.2) is 19.5 Å². The highest BCUT2D eigenvalue weighted by molar-refractivity contribution is 5.92. The molecule has 9 heteroatoms. The van der Waals surface area contributed by atoms with Crippen LogP contribution in [-0.2, 0) is 7.05 Å². The van der Waals surface area contributed by atoms with E-state index in [-0.39, 0.29) is 11.2 Å². The summed E-state index contributed by atoms with van der Waals surface area (Å²) in [6.07, 6.45) is 3.04. The number of hydrogen-bond acceptors (Lipinski definition) is 7. The number of aryl methyl sites for hydroxylation is 2. The van der Waals surface area contributed by atoms with Gasteiger partial charge in [0.15, 0.2) is 0 Å². The van der Waals surface area contributed by atoms with Gasteiger partial charge in [-0.2, -0.15) is 0 Å². The number of anilines is 2. The largest absolute Gasteiger partial charge is 0.457 e. The molecule has 30 heavy (non-hydrogen) atoms. The van der Waals surface area contributed by atoms with Crippen molar-refractivity contribution in [2.45, 2.75) is 6.92 Å². The third kappa shape index (κ3) is 3.81. The fourth-order valence-corrected chi connectivity index (χ4v) is 2.96. The Hall–Kier alpha value is -4.27. The average molecular weight is 403 g/mol. The monoisotopic (exact) mass is 403 g/mol. The molecule has 0 saturated carbocycles. The zero-order valence-corrected chi connectivity index (χ0v) is 16.2. The fraction of sp³-hybridized carbons (Fsp3) is 0.0952. The van der Waals surface area contributed by atoms with Gasteiger partial charge in [-0.05, 0) is 42.8 Å². The molecule has 0 aliphatic heterocycles. The minimum absolute atomic E-state index is 0.0331. The number of aromatic nitrogens is 3. The zero-order chi connectivity index (χ0) is 21.3. The van der Waals surface area contributed by atoms with Crippen LogP contribution in [0.1, 0.15) is 5.56 Å². The fourth-order valence-electron chi connectivity index (χ4n) is 2.96. The molecule has 9 nitrogen and oxygen atoms in total. The molecule has 4 rings (SSSR count). The lowest BCUT2D eigenvalue weighted by molar-refractivity contribution is -0.384. The number of nitrogens with one attached hydrogen (secondary N) is 1. The van der Waals surface area contributed by atoms with Crippen molar-refractivity contribution >= 4 is 28.1 Å². The maximum Gasteiger partial charge on any atom is 0.270 e. The van der Waals surface area contributed by atoms with Gasteiger partial charge in [0.2, 0.25) is 0 Å². The first-order chi connectivity index (χ1) is 14.4. The van der Waals surface area contributed by atoms with E-state index in [1.54, 1.807) is 37.5 Å². The number of nitrogens with zero attached hydrogens (tertiary/aromatic N) is 4. The first-order valence-corrected chi connectivity index (χ1v) is 9.02. The topological polar surface area (TPSA) is 112 Å². The summed E-state index contributed by atoms with van der Waals surface area (Å²) < 4.78 is 7.28. The molecule has 1 N–H and O–H groups in total. The molecule has 0 saturated heterocycles. The lowest BCUT2D eigenvalue weighted by Crippen LogP contribution is -2.13. The van der Waals surface area contributed by atoms with Crippen LogP contribution < -0.4 is 15.6 Å². The Labute approximate surface area is 170 Å². The van der Waals surface area contributed by atoms with Gasteiger partial charge in [0.1, 0.15) is 23.6 Å². The number of hydrogen-bond donors (Lipinski definition) is 1. The molecule has 0 bridgehead atoms. The van der Waals surface area contributed by atoms with Gasteiger partial charge in [-0.25, -0.2) is 9.97 Å². The van der Waals surface area contributed by atoms with Crippen LogP contribution in [0.25, 0.3) is 10.9 Å². The van der Waals surface area contributed by atoms with Crippen molar-refractivity contribution in [3.05, 3.63) is 87.1 Å². The van der Waals surface area contributed by atoms with Gasteiger partial charge in [0.25, 0.3) is 11.2 Å². The molecule has 0 aliphatic rings. The van der Waals surface area contributed by atoms with Crippen molar-refractivity contribution in [1.82, 2.24) is 14.5 Å². The van der Waals surface area contributed by atoms with Crippen LogP contribution in [0.5, 0.6) is 11.5 Å². The van der Waals surface area contributed by atoms with E-state index in [0.717, 1.165) is 11.3 Å². The Balaban J connectivity index is 1.62. The number of nitro groups is 1. The van der Waals surface area contributed by atoms with Gasteiger partial charge in [0.05, 0.1) is 10.4 Å². The minimum atomic E-state index is -0.455. The highest BCUT2D eigenvalue weighted by Gasteiger charge is 2.12. The maximum absolute atomic E-state index is 11.8. The van der Waals surface area contributed by atoms with E-state index < -0.39 is 4.92 Å². The Morgan fingerprint density at radius 1 is 1.10 bits per heavy atom. The molecular weight excluding hydrogens is 386 g/mol. The lowest BCUT2D eigenvalue weighted by atomic mass is 10.1. The van der Waals surface area contributed by atoms with E-state index >= 15 is 0 Å². The van der Waals surface area contributed by atoms with Gasteiger partial charge in [0, 0.05) is 42.5 Å². The van der Waals surface area contributed by atoms with Gasteiger partial charge in [-0.1, -0.05) is 0 Å². The molecule has 4 aromatic rings. The minimum Gasteiger partial charge on any atom is -0.457 e. The van der Waals surface area contributed by atoms with Gasteiger partial charge in [-0.3, -0.25) is 14.9 Å². The highest BCUT2D eigenvalue weighted by Crippen LogP contribution is 2.30. The Morgan fingerprint density at radius 3 is 2.67 bits per heavy atom. The van der Waals surface area contributed by atoms with Crippen LogP contribution in [0.15, 0.2) is 65.8 Å². The van der Waals surface area contributed by atoms with E-state index in [0.29, 0.717) is 28.2 Å².